The van der Waals surface area contributed by atoms with E-state index in [0.717, 1.165) is 0 Å². The third-order valence-electron chi connectivity index (χ3n) is 4.48. The molecular formula is C18H17F3N2O. The van der Waals surface area contributed by atoms with Crippen LogP contribution in [-0.4, -0.2) is 12.1 Å². The number of primary amides is 1. The van der Waals surface area contributed by atoms with Gasteiger partial charge >= 0.3 is 6.18 Å². The number of aryl methyl sites for hydroxylation is 1. The van der Waals surface area contributed by atoms with Gasteiger partial charge in [0.05, 0.1) is 5.92 Å². The van der Waals surface area contributed by atoms with Gasteiger partial charge in [-0.1, -0.05) is 30.3 Å². The van der Waals surface area contributed by atoms with Crippen LogP contribution in [0.25, 0.3) is 0 Å². The Kier molecular flexibility index (Phi) is 4.09. The Morgan fingerprint density at radius 1 is 1.25 bits per heavy atom. The average molecular weight is 334 g/mol. The van der Waals surface area contributed by atoms with E-state index in [0.29, 0.717) is 22.3 Å². The Labute approximate surface area is 137 Å². The van der Waals surface area contributed by atoms with Gasteiger partial charge in [0.15, 0.2) is 0 Å². The topological polar surface area (TPSA) is 55.1 Å². The van der Waals surface area contributed by atoms with Crippen LogP contribution in [0.1, 0.15) is 44.6 Å². The molecule has 1 heterocycles. The van der Waals surface area contributed by atoms with Crippen molar-refractivity contribution in [3.8, 4) is 0 Å². The van der Waals surface area contributed by atoms with E-state index < -0.39 is 24.0 Å². The van der Waals surface area contributed by atoms with Gasteiger partial charge in [-0.05, 0) is 41.3 Å². The lowest BCUT2D eigenvalue weighted by atomic mass is 9.84. The zero-order valence-corrected chi connectivity index (χ0v) is 13.0. The van der Waals surface area contributed by atoms with Gasteiger partial charge in [-0.3, -0.25) is 4.79 Å². The second-order valence-corrected chi connectivity index (χ2v) is 6.01. The summed E-state index contributed by atoms with van der Waals surface area (Å²) < 4.78 is 41.5. The van der Waals surface area contributed by atoms with Crippen molar-refractivity contribution in [2.45, 2.75) is 31.6 Å². The van der Waals surface area contributed by atoms with E-state index >= 15 is 0 Å². The second kappa shape index (κ2) is 5.94. The summed E-state index contributed by atoms with van der Waals surface area (Å²) in [5, 5.41) is 2.95. The predicted octanol–water partition coefficient (Wildman–Crippen LogP) is 3.58. The van der Waals surface area contributed by atoms with E-state index in [1.54, 1.807) is 37.3 Å². The highest BCUT2D eigenvalue weighted by Gasteiger charge is 2.48. The molecule has 0 saturated carbocycles. The average Bonchev–Trinajstić information content (AvgIpc) is 2.91. The van der Waals surface area contributed by atoms with Gasteiger partial charge in [-0.2, -0.15) is 13.2 Å². The lowest BCUT2D eigenvalue weighted by molar-refractivity contribution is -0.157. The molecule has 126 valence electrons. The number of carbonyl (C=O) groups is 1. The van der Waals surface area contributed by atoms with Crippen molar-refractivity contribution in [1.29, 1.82) is 0 Å². The molecule has 0 aromatic heterocycles. The van der Waals surface area contributed by atoms with Crippen molar-refractivity contribution in [3.05, 3.63) is 70.3 Å². The van der Waals surface area contributed by atoms with Gasteiger partial charge in [-0.25, -0.2) is 0 Å². The zero-order valence-electron chi connectivity index (χ0n) is 13.0. The number of alkyl halides is 3. The molecule has 3 N–H and O–H groups in total. The summed E-state index contributed by atoms with van der Waals surface area (Å²) in [5.41, 5.74) is 7.64. The number of nitrogens with two attached hydrogens (primary N) is 1. The largest absolute Gasteiger partial charge is 0.397 e. The number of amides is 1. The standard InChI is InChI=1S/C18H17F3N2O/c1-10-4-2-3-5-13(10)15(18(19,20)21)16-14-7-6-11(17(22)24)8-12(14)9-23-16/h2-8,15-16,23H,9H2,1H3,(H2,22,24)/t15-,16?/m1/s1. The molecule has 2 atom stereocenters. The van der Waals surface area contributed by atoms with Gasteiger partial charge in [0.25, 0.3) is 0 Å². The molecule has 2 aromatic rings. The molecule has 0 bridgehead atoms. The van der Waals surface area contributed by atoms with Crippen LogP contribution in [0.2, 0.25) is 0 Å². The van der Waals surface area contributed by atoms with Crippen LogP contribution < -0.4 is 11.1 Å². The van der Waals surface area contributed by atoms with Gasteiger partial charge in [0, 0.05) is 18.2 Å². The highest BCUT2D eigenvalue weighted by molar-refractivity contribution is 5.93. The fourth-order valence-corrected chi connectivity index (χ4v) is 3.32. The number of halogens is 3. The highest BCUT2D eigenvalue weighted by Crippen LogP contribution is 2.47. The van der Waals surface area contributed by atoms with Gasteiger partial charge in [0.1, 0.15) is 0 Å². The maximum Gasteiger partial charge on any atom is 0.397 e. The first-order valence-corrected chi connectivity index (χ1v) is 7.57. The van der Waals surface area contributed by atoms with Gasteiger partial charge < -0.3 is 11.1 Å². The first kappa shape index (κ1) is 16.5. The molecule has 3 nitrogen and oxygen atoms in total. The van der Waals surface area contributed by atoms with Crippen molar-refractivity contribution in [3.63, 3.8) is 0 Å². The molecule has 3 rings (SSSR count). The molecule has 1 unspecified atom stereocenters. The maximum atomic E-state index is 13.8. The Balaban J connectivity index is 2.07. The highest BCUT2D eigenvalue weighted by atomic mass is 19.4. The SMILES string of the molecule is Cc1ccccc1[C@H](C1NCc2cc(C(N)=O)ccc21)C(F)(F)F. The first-order chi connectivity index (χ1) is 11.3. The summed E-state index contributed by atoms with van der Waals surface area (Å²) >= 11 is 0. The number of hydrogen-bond donors (Lipinski definition) is 2. The number of nitrogens with one attached hydrogen (secondary N) is 1. The molecule has 0 aliphatic carbocycles. The number of benzene rings is 2. The van der Waals surface area contributed by atoms with E-state index in [4.69, 9.17) is 5.73 Å². The number of rotatable bonds is 3. The van der Waals surface area contributed by atoms with E-state index in [9.17, 15) is 18.0 Å². The monoisotopic (exact) mass is 334 g/mol. The van der Waals surface area contributed by atoms with Gasteiger partial charge in [-0.15, -0.1) is 0 Å². The molecule has 0 spiro atoms. The summed E-state index contributed by atoms with van der Waals surface area (Å²) in [6.45, 7) is 1.96. The summed E-state index contributed by atoms with van der Waals surface area (Å²) in [5.74, 6) is -2.24. The minimum atomic E-state index is -4.40. The van der Waals surface area contributed by atoms with E-state index in [-0.39, 0.29) is 12.1 Å². The molecule has 24 heavy (non-hydrogen) atoms. The third-order valence-corrected chi connectivity index (χ3v) is 4.48. The molecule has 2 aromatic carbocycles. The minimum Gasteiger partial charge on any atom is -0.366 e. The first-order valence-electron chi connectivity index (χ1n) is 7.57. The molecule has 1 aliphatic heterocycles. The van der Waals surface area contributed by atoms with Crippen molar-refractivity contribution in [1.82, 2.24) is 5.32 Å². The molecule has 0 saturated heterocycles. The van der Waals surface area contributed by atoms with E-state index in [2.05, 4.69) is 5.32 Å². The fourth-order valence-electron chi connectivity index (χ4n) is 3.32. The Hall–Kier alpha value is -2.34. The maximum absolute atomic E-state index is 13.8. The van der Waals surface area contributed by atoms with E-state index in [1.165, 1.54) is 12.1 Å². The molecule has 0 radical (unpaired) electrons. The molecule has 1 aliphatic rings. The van der Waals surface area contributed by atoms with Crippen LogP contribution in [0.5, 0.6) is 0 Å². The van der Waals surface area contributed by atoms with E-state index in [1.807, 2.05) is 0 Å². The molecule has 6 heteroatoms. The molecule has 0 fully saturated rings. The third kappa shape index (κ3) is 2.89. The number of carbonyl (C=O) groups excluding carboxylic acids is 1. The van der Waals surface area contributed by atoms with Gasteiger partial charge in [0.2, 0.25) is 5.91 Å². The van der Waals surface area contributed by atoms with Crippen LogP contribution in [0.15, 0.2) is 42.5 Å². The molecule has 1 amide bonds. The van der Waals surface area contributed by atoms with Crippen molar-refractivity contribution >= 4 is 5.91 Å². The van der Waals surface area contributed by atoms with Crippen LogP contribution in [0.3, 0.4) is 0 Å². The summed E-state index contributed by atoms with van der Waals surface area (Å²) in [6, 6.07) is 10.3. The lowest BCUT2D eigenvalue weighted by Crippen LogP contribution is -2.32. The van der Waals surface area contributed by atoms with Crippen LogP contribution in [0.4, 0.5) is 13.2 Å². The van der Waals surface area contributed by atoms with Crippen LogP contribution in [-0.2, 0) is 6.54 Å². The predicted molar refractivity (Wildman–Crippen MR) is 84.5 cm³/mol. The molecular weight excluding hydrogens is 317 g/mol. The zero-order chi connectivity index (χ0) is 17.5. The number of hydrogen-bond acceptors (Lipinski definition) is 2. The summed E-state index contributed by atoms with van der Waals surface area (Å²) in [7, 11) is 0. The second-order valence-electron chi connectivity index (χ2n) is 6.01. The van der Waals surface area contributed by atoms with Crippen LogP contribution >= 0.6 is 0 Å². The van der Waals surface area contributed by atoms with Crippen molar-refractivity contribution in [2.24, 2.45) is 5.73 Å². The van der Waals surface area contributed by atoms with Crippen molar-refractivity contribution in [2.75, 3.05) is 0 Å². The Bertz CT molecular complexity index is 786. The lowest BCUT2D eigenvalue weighted by Gasteiger charge is -2.28. The quantitative estimate of drug-likeness (QED) is 0.901. The number of fused-ring (bicyclic) bond motifs is 1. The minimum absolute atomic E-state index is 0.259. The Morgan fingerprint density at radius 2 is 1.96 bits per heavy atom. The smallest absolute Gasteiger partial charge is 0.366 e. The normalized spacial score (nSPS) is 18.2. The Morgan fingerprint density at radius 3 is 2.58 bits per heavy atom. The fraction of sp³-hybridized carbons (Fsp3) is 0.278. The summed E-state index contributed by atoms with van der Waals surface area (Å²) in [6.07, 6.45) is -4.40. The summed E-state index contributed by atoms with van der Waals surface area (Å²) in [4.78, 5) is 11.3. The van der Waals surface area contributed by atoms with Crippen LogP contribution in [0, 0.1) is 6.92 Å². The van der Waals surface area contributed by atoms with Crippen molar-refractivity contribution < 1.29 is 18.0 Å².